The zero-order valence-corrected chi connectivity index (χ0v) is 26.4. The summed E-state index contributed by atoms with van der Waals surface area (Å²) in [6, 6.07) is 18.5. The van der Waals surface area contributed by atoms with Gasteiger partial charge in [0.25, 0.3) is 22.9 Å². The van der Waals surface area contributed by atoms with Crippen LogP contribution >= 0.6 is 23.2 Å². The van der Waals surface area contributed by atoms with Gasteiger partial charge in [-0.15, -0.1) is 0 Å². The van der Waals surface area contributed by atoms with Gasteiger partial charge in [0.05, 0.1) is 11.4 Å². The van der Waals surface area contributed by atoms with E-state index in [1.54, 1.807) is 85.7 Å². The molecular formula is C33H25Cl2N9O4. The van der Waals surface area contributed by atoms with Gasteiger partial charge >= 0.3 is 0 Å². The van der Waals surface area contributed by atoms with Crippen molar-refractivity contribution in [3.05, 3.63) is 157 Å². The smallest absolute Gasteiger partial charge is 0.277 e. The molecular weight excluding hydrogens is 657 g/mol. The summed E-state index contributed by atoms with van der Waals surface area (Å²) in [5.74, 6) is -0.988. The highest BCUT2D eigenvalue weighted by Gasteiger charge is 2.15. The summed E-state index contributed by atoms with van der Waals surface area (Å²) < 4.78 is 0. The molecule has 0 radical (unpaired) electrons. The van der Waals surface area contributed by atoms with Gasteiger partial charge in [-0.1, -0.05) is 35.3 Å². The van der Waals surface area contributed by atoms with E-state index >= 15 is 0 Å². The van der Waals surface area contributed by atoms with Crippen molar-refractivity contribution < 1.29 is 9.59 Å². The number of aromatic amines is 2. The molecule has 2 amide bonds. The van der Waals surface area contributed by atoms with Crippen molar-refractivity contribution in [3.8, 4) is 22.5 Å². The lowest BCUT2D eigenvalue weighted by Gasteiger charge is -2.08. The number of aromatic nitrogens is 7. The van der Waals surface area contributed by atoms with Crippen molar-refractivity contribution >= 4 is 35.0 Å². The molecule has 240 valence electrons. The monoisotopic (exact) mass is 681 g/mol. The van der Waals surface area contributed by atoms with E-state index in [0.717, 1.165) is 16.7 Å². The van der Waals surface area contributed by atoms with Crippen LogP contribution in [0.1, 0.15) is 31.8 Å². The molecule has 0 saturated carbocycles. The molecule has 1 aromatic carbocycles. The fourth-order valence-corrected chi connectivity index (χ4v) is 4.68. The molecule has 5 aromatic heterocycles. The largest absolute Gasteiger partial charge is 0.348 e. The summed E-state index contributed by atoms with van der Waals surface area (Å²) >= 11 is 11.9. The van der Waals surface area contributed by atoms with Gasteiger partial charge in [0.2, 0.25) is 0 Å². The Kier molecular flexibility index (Phi) is 11.1. The van der Waals surface area contributed by atoms with Crippen LogP contribution in [0.5, 0.6) is 0 Å². The van der Waals surface area contributed by atoms with Gasteiger partial charge in [0.15, 0.2) is 0 Å². The molecule has 0 aliphatic rings. The molecule has 0 atom stereocenters. The maximum Gasteiger partial charge on any atom is 0.277 e. The quantitative estimate of drug-likeness (QED) is 0.182. The minimum Gasteiger partial charge on any atom is -0.348 e. The lowest BCUT2D eigenvalue weighted by Crippen LogP contribution is -2.29. The minimum atomic E-state index is -0.572. The van der Waals surface area contributed by atoms with E-state index < -0.39 is 22.9 Å². The van der Waals surface area contributed by atoms with Crippen LogP contribution in [-0.2, 0) is 13.1 Å². The van der Waals surface area contributed by atoms with Crippen molar-refractivity contribution in [1.82, 2.24) is 46.0 Å². The Morgan fingerprint density at radius 2 is 1.19 bits per heavy atom. The maximum absolute atomic E-state index is 12.4. The van der Waals surface area contributed by atoms with Crippen LogP contribution in [0.25, 0.3) is 22.5 Å². The molecule has 6 aromatic rings. The fraction of sp³-hybridized carbons (Fsp3) is 0.0606. The van der Waals surface area contributed by atoms with E-state index in [-0.39, 0.29) is 17.7 Å². The third kappa shape index (κ3) is 8.81. The van der Waals surface area contributed by atoms with Gasteiger partial charge in [0, 0.05) is 71.4 Å². The molecule has 6 rings (SSSR count). The zero-order chi connectivity index (χ0) is 33.9. The number of amides is 2. The van der Waals surface area contributed by atoms with Gasteiger partial charge in [-0.05, 0) is 65.7 Å². The molecule has 15 heteroatoms. The average Bonchev–Trinajstić information content (AvgIpc) is 3.12. The molecule has 0 spiro atoms. The molecule has 0 fully saturated rings. The van der Waals surface area contributed by atoms with Crippen LogP contribution in [0.15, 0.2) is 114 Å². The van der Waals surface area contributed by atoms with Crippen LogP contribution in [0, 0.1) is 0 Å². The number of carbonyl (C=O) groups excluding carboxylic acids is 2. The normalized spacial score (nSPS) is 10.4. The number of hydrogen-bond acceptors (Lipinski definition) is 9. The molecule has 4 N–H and O–H groups in total. The molecule has 0 bridgehead atoms. The number of carbonyl (C=O) groups is 2. The van der Waals surface area contributed by atoms with E-state index in [0.29, 0.717) is 33.5 Å². The Morgan fingerprint density at radius 3 is 1.69 bits per heavy atom. The summed E-state index contributed by atoms with van der Waals surface area (Å²) in [6.07, 6.45) is 9.74. The van der Waals surface area contributed by atoms with Gasteiger partial charge in [0.1, 0.15) is 11.1 Å². The van der Waals surface area contributed by atoms with Gasteiger partial charge in [-0.2, -0.15) is 10.2 Å². The van der Waals surface area contributed by atoms with E-state index in [1.165, 1.54) is 12.1 Å². The minimum absolute atomic E-state index is 0.00991. The van der Waals surface area contributed by atoms with Crippen molar-refractivity contribution in [3.63, 3.8) is 0 Å². The molecule has 0 unspecified atom stereocenters. The Labute approximate surface area is 282 Å². The highest BCUT2D eigenvalue weighted by atomic mass is 35.5. The van der Waals surface area contributed by atoms with Gasteiger partial charge in [-0.25, -0.2) is 10.2 Å². The second-order valence-corrected chi connectivity index (χ2v) is 10.8. The Hall–Kier alpha value is -6.05. The SMILES string of the molecule is O=C(NCc1ccc(Cl)cc1Cl)c1cc(-c2ccncc2)n[nH]c1=O.O=C(NCc1cccnc1)c1cc(-c2ccncc2)n[nH]c1=O. The Morgan fingerprint density at radius 1 is 0.646 bits per heavy atom. The van der Waals surface area contributed by atoms with Crippen molar-refractivity contribution in [2.45, 2.75) is 13.1 Å². The first-order valence-corrected chi connectivity index (χ1v) is 14.9. The van der Waals surface area contributed by atoms with Gasteiger partial charge in [-0.3, -0.25) is 34.1 Å². The second-order valence-electron chi connectivity index (χ2n) is 9.93. The third-order valence-corrected chi connectivity index (χ3v) is 7.27. The first-order chi connectivity index (χ1) is 23.3. The molecule has 48 heavy (non-hydrogen) atoms. The van der Waals surface area contributed by atoms with E-state index in [4.69, 9.17) is 23.2 Å². The third-order valence-electron chi connectivity index (χ3n) is 6.68. The lowest BCUT2D eigenvalue weighted by molar-refractivity contribution is 0.0941. The molecule has 0 aliphatic heterocycles. The number of H-pyrrole nitrogens is 2. The molecule has 0 aliphatic carbocycles. The highest BCUT2D eigenvalue weighted by Crippen LogP contribution is 2.21. The van der Waals surface area contributed by atoms with E-state index in [2.05, 4.69) is 46.0 Å². The summed E-state index contributed by atoms with van der Waals surface area (Å²) in [7, 11) is 0. The van der Waals surface area contributed by atoms with Crippen LogP contribution in [0.3, 0.4) is 0 Å². The second kappa shape index (κ2) is 16.0. The number of rotatable bonds is 8. The zero-order valence-electron chi connectivity index (χ0n) is 24.9. The lowest BCUT2D eigenvalue weighted by atomic mass is 10.1. The molecule has 0 saturated heterocycles. The Balaban J connectivity index is 0.000000188. The Bertz CT molecular complexity index is 2150. The predicted octanol–water partition coefficient (Wildman–Crippen LogP) is 4.23. The first-order valence-electron chi connectivity index (χ1n) is 14.2. The standard InChI is InChI=1S/C17H12Cl2N4O2.C16H13N5O2/c18-12-2-1-11(14(19)7-12)9-21-16(24)13-8-15(22-23-17(13)25)10-3-5-20-6-4-10;22-15(19-10-11-2-1-5-18-9-11)13-8-14(20-21-16(13)23)12-3-6-17-7-4-12/h1-8H,9H2,(H,21,24)(H,23,25);1-9H,10H2,(H,19,22)(H,21,23). The van der Waals surface area contributed by atoms with Gasteiger partial charge < -0.3 is 10.6 Å². The number of benzene rings is 1. The summed E-state index contributed by atoms with van der Waals surface area (Å²) in [6.45, 7) is 0.459. The number of pyridine rings is 3. The number of hydrogen-bond donors (Lipinski definition) is 4. The average molecular weight is 683 g/mol. The maximum atomic E-state index is 12.4. The summed E-state index contributed by atoms with van der Waals surface area (Å²) in [4.78, 5) is 60.2. The number of nitrogens with zero attached hydrogens (tertiary/aromatic N) is 5. The number of nitrogens with one attached hydrogen (secondary N) is 4. The van der Waals surface area contributed by atoms with Crippen molar-refractivity contribution in [2.75, 3.05) is 0 Å². The van der Waals surface area contributed by atoms with Crippen LogP contribution < -0.4 is 21.8 Å². The molecule has 13 nitrogen and oxygen atoms in total. The number of halogens is 2. The van der Waals surface area contributed by atoms with E-state index in [1.807, 2.05) is 6.07 Å². The molecule has 5 heterocycles. The first kappa shape index (κ1) is 33.3. The predicted molar refractivity (Wildman–Crippen MR) is 179 cm³/mol. The van der Waals surface area contributed by atoms with Crippen LogP contribution in [0.4, 0.5) is 0 Å². The van der Waals surface area contributed by atoms with Crippen molar-refractivity contribution in [2.24, 2.45) is 0 Å². The summed E-state index contributed by atoms with van der Waals surface area (Å²) in [5.41, 5.74) is 2.88. The van der Waals surface area contributed by atoms with E-state index in [9.17, 15) is 19.2 Å². The fourth-order valence-electron chi connectivity index (χ4n) is 4.21. The summed E-state index contributed by atoms with van der Waals surface area (Å²) in [5, 5.41) is 18.9. The van der Waals surface area contributed by atoms with Crippen LogP contribution in [-0.4, -0.2) is 47.2 Å². The van der Waals surface area contributed by atoms with Crippen LogP contribution in [0.2, 0.25) is 10.0 Å². The topological polar surface area (TPSA) is 188 Å². The highest BCUT2D eigenvalue weighted by molar-refractivity contribution is 6.35. The van der Waals surface area contributed by atoms with Crippen molar-refractivity contribution in [1.29, 1.82) is 0 Å².